The molecule has 1 aromatic heterocycles. The minimum absolute atomic E-state index is 0.0597. The molecule has 0 saturated heterocycles. The van der Waals surface area contributed by atoms with E-state index in [2.05, 4.69) is 4.98 Å². The summed E-state index contributed by atoms with van der Waals surface area (Å²) in [4.78, 5) is 2.84. The van der Waals surface area contributed by atoms with Crippen molar-refractivity contribution in [1.82, 2.24) is 4.98 Å². The fourth-order valence-corrected chi connectivity index (χ4v) is 1.10. The lowest BCUT2D eigenvalue weighted by atomic mass is 10.1. The minimum Gasteiger partial charge on any atom is -0.397 e. The average Bonchev–Trinajstić information content (AvgIpc) is 2.00. The van der Waals surface area contributed by atoms with E-state index < -0.39 is 29.7 Å². The summed E-state index contributed by atoms with van der Waals surface area (Å²) in [5.41, 5.74) is 1.98. The van der Waals surface area contributed by atoms with Crippen LogP contribution in [0.2, 0.25) is 0 Å². The maximum Gasteiger partial charge on any atom is 0.435 e. The molecule has 0 unspecified atom stereocenters. The predicted octanol–water partition coefficient (Wildman–Crippen LogP) is 2.93. The maximum atomic E-state index is 12.3. The zero-order chi connectivity index (χ0) is 11.8. The largest absolute Gasteiger partial charge is 0.435 e. The second-order valence-electron chi connectivity index (χ2n) is 2.93. The summed E-state index contributed by atoms with van der Waals surface area (Å²) >= 11 is 0. The fraction of sp³-hybridized carbons (Fsp3) is 0.375. The molecule has 0 amide bonds. The SMILES string of the molecule is Cc1cc(N)c(C(F)(F)F)nc1C(F)F. The van der Waals surface area contributed by atoms with Crippen molar-refractivity contribution in [3.8, 4) is 0 Å². The molecule has 15 heavy (non-hydrogen) atoms. The third-order valence-electron chi connectivity index (χ3n) is 1.76. The van der Waals surface area contributed by atoms with Gasteiger partial charge in [0.15, 0.2) is 5.69 Å². The molecule has 0 aliphatic heterocycles. The zero-order valence-electron chi connectivity index (χ0n) is 7.57. The standard InChI is InChI=1S/C8H7F5N2/c1-3-2-4(14)6(8(11,12)13)15-5(3)7(9)10/h2,7H,14H2,1H3. The first-order valence-corrected chi connectivity index (χ1v) is 3.86. The van der Waals surface area contributed by atoms with Crippen LogP contribution in [0.1, 0.15) is 23.4 Å². The van der Waals surface area contributed by atoms with Crippen molar-refractivity contribution in [3.63, 3.8) is 0 Å². The van der Waals surface area contributed by atoms with Gasteiger partial charge in [-0.3, -0.25) is 0 Å². The lowest BCUT2D eigenvalue weighted by molar-refractivity contribution is -0.140. The van der Waals surface area contributed by atoms with E-state index in [-0.39, 0.29) is 5.56 Å². The highest BCUT2D eigenvalue weighted by Gasteiger charge is 2.36. The normalized spacial score (nSPS) is 12.2. The Morgan fingerprint density at radius 2 is 1.87 bits per heavy atom. The molecule has 1 rings (SSSR count). The molecule has 0 aliphatic rings. The number of nitrogen functional groups attached to an aromatic ring is 1. The molecule has 0 fully saturated rings. The van der Waals surface area contributed by atoms with Crippen molar-refractivity contribution in [2.75, 3.05) is 5.73 Å². The van der Waals surface area contributed by atoms with Gasteiger partial charge in [-0.1, -0.05) is 0 Å². The van der Waals surface area contributed by atoms with Crippen LogP contribution in [-0.4, -0.2) is 4.98 Å². The van der Waals surface area contributed by atoms with E-state index in [4.69, 9.17) is 5.73 Å². The summed E-state index contributed by atoms with van der Waals surface area (Å²) in [6.45, 7) is 1.23. The number of hydrogen-bond acceptors (Lipinski definition) is 2. The van der Waals surface area contributed by atoms with Crippen LogP contribution in [0.15, 0.2) is 6.07 Å². The van der Waals surface area contributed by atoms with Crippen LogP contribution < -0.4 is 5.73 Å². The van der Waals surface area contributed by atoms with Crippen LogP contribution in [0.5, 0.6) is 0 Å². The number of nitrogens with zero attached hydrogens (tertiary/aromatic N) is 1. The van der Waals surface area contributed by atoms with Crippen LogP contribution in [0, 0.1) is 6.92 Å². The van der Waals surface area contributed by atoms with Gasteiger partial charge in [0.25, 0.3) is 6.43 Å². The van der Waals surface area contributed by atoms with Gasteiger partial charge in [-0.2, -0.15) is 13.2 Å². The Morgan fingerprint density at radius 1 is 1.33 bits per heavy atom. The summed E-state index contributed by atoms with van der Waals surface area (Å²) in [5, 5.41) is 0. The van der Waals surface area contributed by atoms with Gasteiger partial charge in [0.2, 0.25) is 0 Å². The van der Waals surface area contributed by atoms with Crippen LogP contribution >= 0.6 is 0 Å². The van der Waals surface area contributed by atoms with Gasteiger partial charge in [-0.25, -0.2) is 13.8 Å². The van der Waals surface area contributed by atoms with Crippen molar-refractivity contribution in [1.29, 1.82) is 0 Å². The van der Waals surface area contributed by atoms with Crippen molar-refractivity contribution in [2.45, 2.75) is 19.5 Å². The van der Waals surface area contributed by atoms with Crippen LogP contribution in [0.25, 0.3) is 0 Å². The molecule has 2 N–H and O–H groups in total. The quantitative estimate of drug-likeness (QED) is 0.747. The number of hydrogen-bond donors (Lipinski definition) is 1. The Morgan fingerprint density at radius 3 is 2.27 bits per heavy atom. The molecule has 0 atom stereocenters. The van der Waals surface area contributed by atoms with Gasteiger partial charge in [0.05, 0.1) is 5.69 Å². The Labute approximate surface area is 81.9 Å². The van der Waals surface area contributed by atoms with Crippen molar-refractivity contribution >= 4 is 5.69 Å². The summed E-state index contributed by atoms with van der Waals surface area (Å²) in [5.74, 6) is 0. The molecule has 84 valence electrons. The fourth-order valence-electron chi connectivity index (χ4n) is 1.10. The molecule has 0 spiro atoms. The highest BCUT2D eigenvalue weighted by Crippen LogP contribution is 2.34. The number of rotatable bonds is 1. The van der Waals surface area contributed by atoms with Gasteiger partial charge in [0.1, 0.15) is 5.69 Å². The lowest BCUT2D eigenvalue weighted by Crippen LogP contribution is -2.14. The summed E-state index contributed by atoms with van der Waals surface area (Å²) < 4.78 is 61.2. The molecule has 2 nitrogen and oxygen atoms in total. The van der Waals surface area contributed by atoms with Crippen molar-refractivity contribution < 1.29 is 22.0 Å². The smallest absolute Gasteiger partial charge is 0.397 e. The molecule has 1 aromatic rings. The zero-order valence-corrected chi connectivity index (χ0v) is 7.57. The van der Waals surface area contributed by atoms with Gasteiger partial charge < -0.3 is 5.73 Å². The molecule has 0 bridgehead atoms. The first-order chi connectivity index (χ1) is 6.73. The number of aryl methyl sites for hydroxylation is 1. The molecule has 0 aliphatic carbocycles. The first kappa shape index (κ1) is 11.7. The number of pyridine rings is 1. The minimum atomic E-state index is -4.82. The van der Waals surface area contributed by atoms with Gasteiger partial charge in [-0.05, 0) is 18.6 Å². The highest BCUT2D eigenvalue weighted by molar-refractivity contribution is 5.48. The second kappa shape index (κ2) is 3.63. The topological polar surface area (TPSA) is 38.9 Å². The number of aromatic nitrogens is 1. The van der Waals surface area contributed by atoms with Crippen LogP contribution in [0.4, 0.5) is 27.6 Å². The number of nitrogens with two attached hydrogens (primary N) is 1. The number of halogens is 5. The molecule has 0 aromatic carbocycles. The monoisotopic (exact) mass is 226 g/mol. The predicted molar refractivity (Wildman–Crippen MR) is 43.3 cm³/mol. The Kier molecular flexibility index (Phi) is 2.83. The maximum absolute atomic E-state index is 12.3. The van der Waals surface area contributed by atoms with E-state index >= 15 is 0 Å². The average molecular weight is 226 g/mol. The van der Waals surface area contributed by atoms with Crippen LogP contribution in [0.3, 0.4) is 0 Å². The van der Waals surface area contributed by atoms with E-state index in [1.165, 1.54) is 6.92 Å². The Hall–Kier alpha value is -1.40. The van der Waals surface area contributed by atoms with Gasteiger partial charge >= 0.3 is 6.18 Å². The van der Waals surface area contributed by atoms with E-state index in [0.717, 1.165) is 6.07 Å². The number of anilines is 1. The number of alkyl halides is 5. The molecule has 1 heterocycles. The van der Waals surface area contributed by atoms with Gasteiger partial charge in [-0.15, -0.1) is 0 Å². The summed E-state index contributed by atoms with van der Waals surface area (Å²) in [6.07, 6.45) is -7.87. The van der Waals surface area contributed by atoms with E-state index in [9.17, 15) is 22.0 Å². The highest BCUT2D eigenvalue weighted by atomic mass is 19.4. The van der Waals surface area contributed by atoms with Crippen LogP contribution in [-0.2, 0) is 6.18 Å². The van der Waals surface area contributed by atoms with Crippen molar-refractivity contribution in [3.05, 3.63) is 23.0 Å². The third kappa shape index (κ3) is 2.34. The molecule has 0 radical (unpaired) electrons. The third-order valence-corrected chi connectivity index (χ3v) is 1.76. The van der Waals surface area contributed by atoms with Gasteiger partial charge in [0, 0.05) is 0 Å². The molecular formula is C8H7F5N2. The Balaban J connectivity index is 3.37. The van der Waals surface area contributed by atoms with E-state index in [1.54, 1.807) is 0 Å². The lowest BCUT2D eigenvalue weighted by Gasteiger charge is -2.12. The van der Waals surface area contributed by atoms with Crippen molar-refractivity contribution in [2.24, 2.45) is 0 Å². The molecule has 0 saturated carbocycles. The molecular weight excluding hydrogens is 219 g/mol. The van der Waals surface area contributed by atoms with E-state index in [0.29, 0.717) is 0 Å². The second-order valence-corrected chi connectivity index (χ2v) is 2.93. The first-order valence-electron chi connectivity index (χ1n) is 3.86. The summed E-state index contributed by atoms with van der Waals surface area (Å²) in [7, 11) is 0. The summed E-state index contributed by atoms with van der Waals surface area (Å²) in [6, 6.07) is 0.845. The molecule has 7 heteroatoms. The van der Waals surface area contributed by atoms with E-state index in [1.807, 2.05) is 0 Å². The Bertz CT molecular complexity index is 372.